The number of carbonyl (C=O) groups excluding carboxylic acids is 1. The van der Waals surface area contributed by atoms with Gasteiger partial charge < -0.3 is 14.8 Å². The van der Waals surface area contributed by atoms with Crippen LogP contribution in [0.5, 0.6) is 11.5 Å². The molecular formula is C16H22N2O3S. The number of ether oxygens (including phenoxy) is 2. The molecule has 0 saturated carbocycles. The van der Waals surface area contributed by atoms with Gasteiger partial charge in [-0.2, -0.15) is 0 Å². The third kappa shape index (κ3) is 3.32. The number of rotatable bonds is 6. The van der Waals surface area contributed by atoms with Gasteiger partial charge in [0.15, 0.2) is 16.6 Å². The van der Waals surface area contributed by atoms with Crippen molar-refractivity contribution < 1.29 is 14.3 Å². The third-order valence-electron chi connectivity index (χ3n) is 3.79. The zero-order valence-electron chi connectivity index (χ0n) is 13.4. The minimum absolute atomic E-state index is 0.0560. The number of nitrogens with zero attached hydrogens (tertiary/aromatic N) is 1. The predicted molar refractivity (Wildman–Crippen MR) is 89.3 cm³/mol. The molecule has 6 heteroatoms. The molecule has 0 radical (unpaired) electrons. The highest BCUT2D eigenvalue weighted by molar-refractivity contribution is 7.80. The maximum Gasteiger partial charge on any atom is 0.251 e. The largest absolute Gasteiger partial charge is 0.493 e. The van der Waals surface area contributed by atoms with Crippen LogP contribution in [-0.2, 0) is 11.2 Å². The molecule has 22 heavy (non-hydrogen) atoms. The van der Waals surface area contributed by atoms with Crippen molar-refractivity contribution in [2.75, 3.05) is 20.8 Å². The van der Waals surface area contributed by atoms with Gasteiger partial charge in [-0.25, -0.2) is 0 Å². The summed E-state index contributed by atoms with van der Waals surface area (Å²) in [4.78, 5) is 14.0. The second kappa shape index (κ2) is 6.96. The lowest BCUT2D eigenvalue weighted by Gasteiger charge is -2.16. The lowest BCUT2D eigenvalue weighted by molar-refractivity contribution is -0.127. The van der Waals surface area contributed by atoms with E-state index >= 15 is 0 Å². The molecule has 0 aromatic heterocycles. The molecule has 1 aromatic carbocycles. The Bertz CT molecular complexity index is 575. The van der Waals surface area contributed by atoms with Crippen molar-refractivity contribution in [1.29, 1.82) is 0 Å². The van der Waals surface area contributed by atoms with Gasteiger partial charge in [-0.3, -0.25) is 9.69 Å². The van der Waals surface area contributed by atoms with Crippen LogP contribution in [0.2, 0.25) is 0 Å². The Balaban J connectivity index is 2.04. The van der Waals surface area contributed by atoms with Crippen molar-refractivity contribution in [1.82, 2.24) is 10.2 Å². The number of hydrogen-bond donors (Lipinski definition) is 1. The highest BCUT2D eigenvalue weighted by Crippen LogP contribution is 2.28. The summed E-state index contributed by atoms with van der Waals surface area (Å²) in [6.45, 7) is 4.58. The first-order chi connectivity index (χ1) is 10.5. The van der Waals surface area contributed by atoms with Crippen LogP contribution >= 0.6 is 12.2 Å². The number of benzene rings is 1. The van der Waals surface area contributed by atoms with E-state index in [4.69, 9.17) is 21.7 Å². The Hall–Kier alpha value is -1.82. The van der Waals surface area contributed by atoms with E-state index in [-0.39, 0.29) is 17.9 Å². The molecule has 1 amide bonds. The summed E-state index contributed by atoms with van der Waals surface area (Å²) in [5, 5.41) is 3.61. The minimum Gasteiger partial charge on any atom is -0.493 e. The van der Waals surface area contributed by atoms with E-state index in [1.807, 2.05) is 32.0 Å². The van der Waals surface area contributed by atoms with Crippen LogP contribution in [0.4, 0.5) is 0 Å². The molecule has 5 nitrogen and oxygen atoms in total. The van der Waals surface area contributed by atoms with Crippen LogP contribution in [0.15, 0.2) is 18.2 Å². The topological polar surface area (TPSA) is 50.8 Å². The number of methoxy groups -OCH3 is 2. The molecule has 1 atom stereocenters. The number of amides is 1. The summed E-state index contributed by atoms with van der Waals surface area (Å²) in [7, 11) is 3.22. The fraction of sp³-hybridized carbons (Fsp3) is 0.500. The summed E-state index contributed by atoms with van der Waals surface area (Å²) in [6, 6.07) is 5.56. The van der Waals surface area contributed by atoms with Crippen molar-refractivity contribution in [3.63, 3.8) is 0 Å². The normalized spacial score (nSPS) is 17.9. The molecule has 0 spiro atoms. The first-order valence-corrected chi connectivity index (χ1v) is 7.71. The Kier molecular flexibility index (Phi) is 5.24. The van der Waals surface area contributed by atoms with Gasteiger partial charge in [0, 0.05) is 6.54 Å². The molecule has 2 rings (SSSR count). The molecule has 1 aromatic rings. The van der Waals surface area contributed by atoms with Crippen molar-refractivity contribution in [3.8, 4) is 11.5 Å². The molecule has 1 unspecified atom stereocenters. The lowest BCUT2D eigenvalue weighted by atomic mass is 10.0. The Morgan fingerprint density at radius 2 is 1.95 bits per heavy atom. The molecule has 1 fully saturated rings. The molecular weight excluding hydrogens is 300 g/mol. The Labute approximate surface area is 136 Å². The maximum atomic E-state index is 12.3. The molecule has 1 heterocycles. The zero-order chi connectivity index (χ0) is 16.3. The summed E-state index contributed by atoms with van der Waals surface area (Å²) in [6.07, 6.45) is 0.707. The van der Waals surface area contributed by atoms with Crippen LogP contribution in [0.1, 0.15) is 19.4 Å². The van der Waals surface area contributed by atoms with E-state index in [0.717, 1.165) is 5.56 Å². The molecule has 1 aliphatic heterocycles. The molecule has 1 N–H and O–H groups in total. The number of nitrogens with one attached hydrogen (secondary N) is 1. The van der Waals surface area contributed by atoms with E-state index in [1.54, 1.807) is 19.1 Å². The maximum absolute atomic E-state index is 12.3. The SMILES string of the molecule is COc1ccc(CCN2C(=O)C(C(C)C)NC2=S)cc1OC. The molecule has 0 aliphatic carbocycles. The van der Waals surface area contributed by atoms with Gasteiger partial charge in [0.05, 0.1) is 14.2 Å². The van der Waals surface area contributed by atoms with E-state index in [0.29, 0.717) is 29.6 Å². The van der Waals surface area contributed by atoms with E-state index in [1.165, 1.54) is 0 Å². The van der Waals surface area contributed by atoms with Gasteiger partial charge in [-0.15, -0.1) is 0 Å². The van der Waals surface area contributed by atoms with E-state index in [9.17, 15) is 4.79 Å². The predicted octanol–water partition coefficient (Wildman–Crippen LogP) is 1.99. The first kappa shape index (κ1) is 16.5. The van der Waals surface area contributed by atoms with Gasteiger partial charge in [0.1, 0.15) is 6.04 Å². The fourth-order valence-corrected chi connectivity index (χ4v) is 2.79. The molecule has 120 valence electrons. The van der Waals surface area contributed by atoms with Gasteiger partial charge in [-0.05, 0) is 42.3 Å². The van der Waals surface area contributed by atoms with Gasteiger partial charge in [0.2, 0.25) is 0 Å². The van der Waals surface area contributed by atoms with Crippen LogP contribution in [0.25, 0.3) is 0 Å². The minimum atomic E-state index is -0.210. The van der Waals surface area contributed by atoms with E-state index in [2.05, 4.69) is 5.32 Å². The van der Waals surface area contributed by atoms with Crippen molar-refractivity contribution in [2.24, 2.45) is 5.92 Å². The third-order valence-corrected chi connectivity index (χ3v) is 4.13. The number of thiocarbonyl (C=S) groups is 1. The second-order valence-corrected chi connectivity index (χ2v) is 5.99. The quantitative estimate of drug-likeness (QED) is 0.812. The lowest BCUT2D eigenvalue weighted by Crippen LogP contribution is -2.35. The summed E-state index contributed by atoms with van der Waals surface area (Å²) >= 11 is 5.27. The highest BCUT2D eigenvalue weighted by atomic mass is 32.1. The van der Waals surface area contributed by atoms with Gasteiger partial charge in [-0.1, -0.05) is 19.9 Å². The number of carbonyl (C=O) groups is 1. The van der Waals surface area contributed by atoms with Crippen LogP contribution in [0, 0.1) is 5.92 Å². The molecule has 1 saturated heterocycles. The van der Waals surface area contributed by atoms with Crippen molar-refractivity contribution in [2.45, 2.75) is 26.3 Å². The Morgan fingerprint density at radius 3 is 2.50 bits per heavy atom. The van der Waals surface area contributed by atoms with Gasteiger partial charge >= 0.3 is 0 Å². The van der Waals surface area contributed by atoms with Crippen molar-refractivity contribution >= 4 is 23.2 Å². The van der Waals surface area contributed by atoms with Gasteiger partial charge in [0.25, 0.3) is 5.91 Å². The van der Waals surface area contributed by atoms with Crippen LogP contribution in [-0.4, -0.2) is 42.7 Å². The fourth-order valence-electron chi connectivity index (χ4n) is 2.48. The van der Waals surface area contributed by atoms with Crippen LogP contribution < -0.4 is 14.8 Å². The smallest absolute Gasteiger partial charge is 0.251 e. The number of hydrogen-bond acceptors (Lipinski definition) is 4. The average Bonchev–Trinajstić information content (AvgIpc) is 2.79. The summed E-state index contributed by atoms with van der Waals surface area (Å²) in [5.74, 6) is 1.66. The summed E-state index contributed by atoms with van der Waals surface area (Å²) in [5.41, 5.74) is 1.07. The molecule has 0 bridgehead atoms. The molecule has 1 aliphatic rings. The highest BCUT2D eigenvalue weighted by Gasteiger charge is 2.36. The average molecular weight is 322 g/mol. The monoisotopic (exact) mass is 322 g/mol. The Morgan fingerprint density at radius 1 is 1.27 bits per heavy atom. The first-order valence-electron chi connectivity index (χ1n) is 7.30. The van der Waals surface area contributed by atoms with Crippen molar-refractivity contribution in [3.05, 3.63) is 23.8 Å². The standard InChI is InChI=1S/C16H22N2O3S/c1-10(2)14-15(19)18(16(22)17-14)8-7-11-5-6-12(20-3)13(9-11)21-4/h5-6,9-10,14H,7-8H2,1-4H3,(H,17,22). The van der Waals surface area contributed by atoms with E-state index < -0.39 is 0 Å². The second-order valence-electron chi connectivity index (χ2n) is 5.60. The zero-order valence-corrected chi connectivity index (χ0v) is 14.2. The van der Waals surface area contributed by atoms with Crippen LogP contribution in [0.3, 0.4) is 0 Å². The summed E-state index contributed by atoms with van der Waals surface area (Å²) < 4.78 is 10.5.